The molecule has 2 heteroatoms. The number of rotatable bonds is 4. The summed E-state index contributed by atoms with van der Waals surface area (Å²) < 4.78 is 0. The van der Waals surface area contributed by atoms with Gasteiger partial charge in [0, 0.05) is 18.6 Å². The van der Waals surface area contributed by atoms with Crippen LogP contribution < -0.4 is 5.32 Å². The standard InChI is InChI=1S/C10H20N2/c1-4-9(2)11-8-10-6-5-7-12(10)3/h4,9-11H,1,5-8H2,2-3H3. The van der Waals surface area contributed by atoms with Gasteiger partial charge in [-0.3, -0.25) is 0 Å². The summed E-state index contributed by atoms with van der Waals surface area (Å²) in [6.45, 7) is 8.25. The number of nitrogens with one attached hydrogen (secondary N) is 1. The molecular weight excluding hydrogens is 148 g/mol. The van der Waals surface area contributed by atoms with Crippen LogP contribution in [0.5, 0.6) is 0 Å². The molecule has 0 aromatic rings. The van der Waals surface area contributed by atoms with Gasteiger partial charge in [0.15, 0.2) is 0 Å². The molecule has 0 saturated carbocycles. The van der Waals surface area contributed by atoms with Crippen LogP contribution in [0.3, 0.4) is 0 Å². The van der Waals surface area contributed by atoms with Gasteiger partial charge in [0.2, 0.25) is 0 Å². The smallest absolute Gasteiger partial charge is 0.0219 e. The first-order chi connectivity index (χ1) is 5.74. The predicted octanol–water partition coefficient (Wildman–Crippen LogP) is 1.24. The van der Waals surface area contributed by atoms with Crippen molar-refractivity contribution in [3.05, 3.63) is 12.7 Å². The van der Waals surface area contributed by atoms with Crippen molar-refractivity contribution >= 4 is 0 Å². The molecule has 0 aromatic carbocycles. The van der Waals surface area contributed by atoms with E-state index in [4.69, 9.17) is 0 Å². The van der Waals surface area contributed by atoms with E-state index in [9.17, 15) is 0 Å². The van der Waals surface area contributed by atoms with Crippen LogP contribution in [0.25, 0.3) is 0 Å². The van der Waals surface area contributed by atoms with Gasteiger partial charge in [0.05, 0.1) is 0 Å². The molecule has 0 amide bonds. The van der Waals surface area contributed by atoms with Crippen LogP contribution in [-0.4, -0.2) is 37.1 Å². The second-order valence-electron chi connectivity index (χ2n) is 3.71. The first-order valence-corrected chi connectivity index (χ1v) is 4.80. The molecule has 2 atom stereocenters. The number of hydrogen-bond donors (Lipinski definition) is 1. The summed E-state index contributed by atoms with van der Waals surface area (Å²) >= 11 is 0. The van der Waals surface area contributed by atoms with E-state index in [-0.39, 0.29) is 0 Å². The molecular formula is C10H20N2. The zero-order valence-corrected chi connectivity index (χ0v) is 8.21. The zero-order chi connectivity index (χ0) is 8.97. The Hall–Kier alpha value is -0.340. The molecule has 0 aromatic heterocycles. The summed E-state index contributed by atoms with van der Waals surface area (Å²) in [5.41, 5.74) is 0. The summed E-state index contributed by atoms with van der Waals surface area (Å²) in [6, 6.07) is 1.19. The zero-order valence-electron chi connectivity index (χ0n) is 8.21. The SMILES string of the molecule is C=CC(C)NCC1CCCN1C. The van der Waals surface area contributed by atoms with Crippen LogP contribution in [0, 0.1) is 0 Å². The van der Waals surface area contributed by atoms with Gasteiger partial charge in [-0.1, -0.05) is 6.08 Å². The topological polar surface area (TPSA) is 15.3 Å². The van der Waals surface area contributed by atoms with Crippen LogP contribution in [-0.2, 0) is 0 Å². The quantitative estimate of drug-likeness (QED) is 0.635. The predicted molar refractivity (Wildman–Crippen MR) is 53.3 cm³/mol. The van der Waals surface area contributed by atoms with Crippen LogP contribution in [0.15, 0.2) is 12.7 Å². The Morgan fingerprint density at radius 2 is 2.50 bits per heavy atom. The van der Waals surface area contributed by atoms with E-state index in [0.717, 1.165) is 12.6 Å². The molecule has 0 spiro atoms. The Morgan fingerprint density at radius 1 is 1.75 bits per heavy atom. The van der Waals surface area contributed by atoms with Gasteiger partial charge in [-0.25, -0.2) is 0 Å². The minimum Gasteiger partial charge on any atom is -0.309 e. The maximum atomic E-state index is 3.75. The van der Waals surface area contributed by atoms with Crippen molar-refractivity contribution in [1.82, 2.24) is 10.2 Å². The summed E-state index contributed by atoms with van der Waals surface area (Å²) in [7, 11) is 2.21. The van der Waals surface area contributed by atoms with Gasteiger partial charge >= 0.3 is 0 Å². The Morgan fingerprint density at radius 3 is 3.00 bits per heavy atom. The lowest BCUT2D eigenvalue weighted by atomic mass is 10.2. The molecule has 12 heavy (non-hydrogen) atoms. The lowest BCUT2D eigenvalue weighted by Crippen LogP contribution is -2.38. The normalized spacial score (nSPS) is 27.3. The van der Waals surface area contributed by atoms with Crippen LogP contribution in [0.4, 0.5) is 0 Å². The molecule has 1 fully saturated rings. The average Bonchev–Trinajstić information content (AvgIpc) is 2.47. The molecule has 70 valence electrons. The Labute approximate surface area is 75.6 Å². The lowest BCUT2D eigenvalue weighted by molar-refractivity contribution is 0.297. The number of likely N-dealkylation sites (N-methyl/N-ethyl adjacent to an activating group) is 1. The highest BCUT2D eigenvalue weighted by Gasteiger charge is 2.20. The highest BCUT2D eigenvalue weighted by Crippen LogP contribution is 2.13. The molecule has 1 heterocycles. The van der Waals surface area contributed by atoms with E-state index in [1.54, 1.807) is 0 Å². The van der Waals surface area contributed by atoms with E-state index in [1.807, 2.05) is 6.08 Å². The van der Waals surface area contributed by atoms with Crippen molar-refractivity contribution in [3.8, 4) is 0 Å². The minimum atomic E-state index is 0.444. The molecule has 2 nitrogen and oxygen atoms in total. The fraction of sp³-hybridized carbons (Fsp3) is 0.800. The van der Waals surface area contributed by atoms with Gasteiger partial charge in [-0.05, 0) is 33.4 Å². The number of hydrogen-bond acceptors (Lipinski definition) is 2. The van der Waals surface area contributed by atoms with Gasteiger partial charge < -0.3 is 10.2 Å². The summed E-state index contributed by atoms with van der Waals surface area (Å²) in [5.74, 6) is 0. The molecule has 0 radical (unpaired) electrons. The highest BCUT2D eigenvalue weighted by molar-refractivity contribution is 4.85. The van der Waals surface area contributed by atoms with Crippen molar-refractivity contribution < 1.29 is 0 Å². The Bertz CT molecular complexity index is 145. The summed E-state index contributed by atoms with van der Waals surface area (Å²) in [4.78, 5) is 2.43. The minimum absolute atomic E-state index is 0.444. The molecule has 1 N–H and O–H groups in total. The third kappa shape index (κ3) is 2.61. The van der Waals surface area contributed by atoms with E-state index >= 15 is 0 Å². The van der Waals surface area contributed by atoms with E-state index in [2.05, 4.69) is 30.8 Å². The van der Waals surface area contributed by atoms with E-state index < -0.39 is 0 Å². The van der Waals surface area contributed by atoms with Gasteiger partial charge in [-0.15, -0.1) is 6.58 Å². The van der Waals surface area contributed by atoms with Crippen molar-refractivity contribution in [2.45, 2.75) is 31.8 Å². The summed E-state index contributed by atoms with van der Waals surface area (Å²) in [6.07, 6.45) is 4.65. The number of likely N-dealkylation sites (tertiary alicyclic amines) is 1. The molecule has 0 aliphatic carbocycles. The third-order valence-corrected chi connectivity index (χ3v) is 2.70. The van der Waals surface area contributed by atoms with Gasteiger partial charge in [0.25, 0.3) is 0 Å². The molecule has 1 aliphatic heterocycles. The lowest BCUT2D eigenvalue weighted by Gasteiger charge is -2.21. The van der Waals surface area contributed by atoms with Gasteiger partial charge in [0.1, 0.15) is 0 Å². The maximum Gasteiger partial charge on any atom is 0.0219 e. The largest absolute Gasteiger partial charge is 0.309 e. The Balaban J connectivity index is 2.17. The first kappa shape index (κ1) is 9.75. The highest BCUT2D eigenvalue weighted by atomic mass is 15.2. The Kier molecular flexibility index (Phi) is 3.76. The van der Waals surface area contributed by atoms with Crippen LogP contribution in [0.1, 0.15) is 19.8 Å². The second kappa shape index (κ2) is 4.63. The average molecular weight is 168 g/mol. The van der Waals surface area contributed by atoms with Crippen molar-refractivity contribution in [2.24, 2.45) is 0 Å². The van der Waals surface area contributed by atoms with E-state index in [1.165, 1.54) is 19.4 Å². The van der Waals surface area contributed by atoms with Crippen LogP contribution in [0.2, 0.25) is 0 Å². The van der Waals surface area contributed by atoms with Gasteiger partial charge in [-0.2, -0.15) is 0 Å². The monoisotopic (exact) mass is 168 g/mol. The molecule has 1 rings (SSSR count). The molecule has 2 unspecified atom stereocenters. The molecule has 0 bridgehead atoms. The third-order valence-electron chi connectivity index (χ3n) is 2.70. The van der Waals surface area contributed by atoms with Crippen molar-refractivity contribution in [1.29, 1.82) is 0 Å². The second-order valence-corrected chi connectivity index (χ2v) is 3.71. The maximum absolute atomic E-state index is 3.75. The fourth-order valence-corrected chi connectivity index (χ4v) is 1.64. The van der Waals surface area contributed by atoms with Crippen molar-refractivity contribution in [2.75, 3.05) is 20.1 Å². The first-order valence-electron chi connectivity index (χ1n) is 4.80. The molecule has 1 aliphatic rings. The summed E-state index contributed by atoms with van der Waals surface area (Å²) in [5, 5.41) is 3.44. The van der Waals surface area contributed by atoms with Crippen LogP contribution >= 0.6 is 0 Å². The number of nitrogens with zero attached hydrogens (tertiary/aromatic N) is 1. The van der Waals surface area contributed by atoms with E-state index in [0.29, 0.717) is 6.04 Å². The van der Waals surface area contributed by atoms with Crippen molar-refractivity contribution in [3.63, 3.8) is 0 Å². The molecule has 1 saturated heterocycles. The fourth-order valence-electron chi connectivity index (χ4n) is 1.64.